The summed E-state index contributed by atoms with van der Waals surface area (Å²) in [5.41, 5.74) is 2.43. The highest BCUT2D eigenvalue weighted by atomic mass is 35.5. The zero-order valence-electron chi connectivity index (χ0n) is 22.5. The van der Waals surface area contributed by atoms with Crippen LogP contribution in [0.25, 0.3) is 0 Å². The Labute approximate surface area is 227 Å². The SMILES string of the molecule is CCc1ccc(N(CCCC(=O)N(Cc2ccccc2Cl)C(CC)C(=O)NC(C)CC)S(C)(=O)=O)cc1. The molecule has 204 valence electrons. The van der Waals surface area contributed by atoms with Crippen LogP contribution in [0, 0.1) is 0 Å². The molecule has 0 aliphatic heterocycles. The van der Waals surface area contributed by atoms with Crippen LogP contribution in [-0.2, 0) is 32.6 Å². The van der Waals surface area contributed by atoms with E-state index in [2.05, 4.69) is 5.32 Å². The van der Waals surface area contributed by atoms with E-state index >= 15 is 0 Å². The lowest BCUT2D eigenvalue weighted by atomic mass is 10.1. The minimum Gasteiger partial charge on any atom is -0.352 e. The summed E-state index contributed by atoms with van der Waals surface area (Å²) < 4.78 is 26.3. The Morgan fingerprint density at radius 3 is 2.19 bits per heavy atom. The molecular weight excluding hydrogens is 510 g/mol. The van der Waals surface area contributed by atoms with Crippen LogP contribution < -0.4 is 9.62 Å². The molecule has 0 saturated carbocycles. The van der Waals surface area contributed by atoms with E-state index in [-0.39, 0.29) is 37.4 Å². The first-order chi connectivity index (χ1) is 17.5. The van der Waals surface area contributed by atoms with Gasteiger partial charge in [-0.3, -0.25) is 13.9 Å². The van der Waals surface area contributed by atoms with Crippen LogP contribution in [0.15, 0.2) is 48.5 Å². The maximum Gasteiger partial charge on any atom is 0.243 e. The first-order valence-corrected chi connectivity index (χ1v) is 15.1. The second-order valence-corrected chi connectivity index (χ2v) is 11.6. The standard InChI is InChI=1S/C28H40ClN3O4S/c1-6-21(4)30-28(34)26(8-3)31(20-23-12-9-10-13-25(23)29)27(33)14-11-19-32(37(5,35)36)24-17-15-22(7-2)16-18-24/h9-10,12-13,15-18,21,26H,6-8,11,14,19-20H2,1-5H3,(H,30,34). The Morgan fingerprint density at radius 1 is 1.00 bits per heavy atom. The van der Waals surface area contributed by atoms with E-state index in [1.165, 1.54) is 10.6 Å². The van der Waals surface area contributed by atoms with Crippen molar-refractivity contribution in [2.24, 2.45) is 0 Å². The number of halogens is 1. The first-order valence-electron chi connectivity index (χ1n) is 12.9. The summed E-state index contributed by atoms with van der Waals surface area (Å²) >= 11 is 6.38. The zero-order valence-corrected chi connectivity index (χ0v) is 24.1. The van der Waals surface area contributed by atoms with Crippen molar-refractivity contribution in [3.8, 4) is 0 Å². The van der Waals surface area contributed by atoms with Gasteiger partial charge >= 0.3 is 0 Å². The summed E-state index contributed by atoms with van der Waals surface area (Å²) in [7, 11) is -3.53. The van der Waals surface area contributed by atoms with Gasteiger partial charge in [0.2, 0.25) is 21.8 Å². The van der Waals surface area contributed by atoms with E-state index in [4.69, 9.17) is 11.6 Å². The van der Waals surface area contributed by atoms with Gasteiger partial charge in [-0.1, -0.05) is 62.7 Å². The number of aryl methyl sites for hydroxylation is 1. The van der Waals surface area contributed by atoms with Crippen LogP contribution in [0.2, 0.25) is 5.02 Å². The molecule has 0 fully saturated rings. The maximum atomic E-state index is 13.5. The number of hydrogen-bond donors (Lipinski definition) is 1. The lowest BCUT2D eigenvalue weighted by Gasteiger charge is -2.32. The number of benzene rings is 2. The molecule has 0 bridgehead atoms. The van der Waals surface area contributed by atoms with Gasteiger partial charge in [0.05, 0.1) is 11.9 Å². The summed E-state index contributed by atoms with van der Waals surface area (Å²) in [6.07, 6.45) is 3.65. The number of anilines is 1. The largest absolute Gasteiger partial charge is 0.352 e. The predicted molar refractivity (Wildman–Crippen MR) is 151 cm³/mol. The Morgan fingerprint density at radius 2 is 1.65 bits per heavy atom. The monoisotopic (exact) mass is 549 g/mol. The molecule has 0 heterocycles. The molecule has 0 aliphatic carbocycles. The molecule has 0 spiro atoms. The molecule has 37 heavy (non-hydrogen) atoms. The summed E-state index contributed by atoms with van der Waals surface area (Å²) in [4.78, 5) is 28.2. The number of amides is 2. The summed E-state index contributed by atoms with van der Waals surface area (Å²) in [5.74, 6) is -0.424. The molecular formula is C28H40ClN3O4S. The van der Waals surface area contributed by atoms with Crippen molar-refractivity contribution in [3.63, 3.8) is 0 Å². The second-order valence-electron chi connectivity index (χ2n) is 9.31. The highest BCUT2D eigenvalue weighted by molar-refractivity contribution is 7.92. The molecule has 0 aliphatic rings. The van der Waals surface area contributed by atoms with Crippen molar-refractivity contribution in [2.75, 3.05) is 17.1 Å². The van der Waals surface area contributed by atoms with Crippen molar-refractivity contribution in [1.82, 2.24) is 10.2 Å². The van der Waals surface area contributed by atoms with Crippen molar-refractivity contribution in [3.05, 3.63) is 64.7 Å². The number of carbonyl (C=O) groups excluding carboxylic acids is 2. The van der Waals surface area contributed by atoms with Crippen LogP contribution in [0.5, 0.6) is 0 Å². The van der Waals surface area contributed by atoms with Gasteiger partial charge in [-0.05, 0) is 61.9 Å². The van der Waals surface area contributed by atoms with Crippen LogP contribution in [0.1, 0.15) is 64.5 Å². The van der Waals surface area contributed by atoms with Gasteiger partial charge in [0.25, 0.3) is 0 Å². The first kappa shape index (κ1) is 30.6. The van der Waals surface area contributed by atoms with Crippen molar-refractivity contribution < 1.29 is 18.0 Å². The predicted octanol–water partition coefficient (Wildman–Crippen LogP) is 5.17. The molecule has 2 aromatic rings. The van der Waals surface area contributed by atoms with E-state index in [0.29, 0.717) is 23.6 Å². The Hall–Kier alpha value is -2.58. The summed E-state index contributed by atoms with van der Waals surface area (Å²) in [5, 5.41) is 3.51. The lowest BCUT2D eigenvalue weighted by Crippen LogP contribution is -2.50. The molecule has 2 atom stereocenters. The molecule has 2 aromatic carbocycles. The molecule has 0 saturated heterocycles. The van der Waals surface area contributed by atoms with E-state index in [1.807, 2.05) is 58.0 Å². The Balaban J connectivity index is 2.23. The fraction of sp³-hybridized carbons (Fsp3) is 0.500. The van der Waals surface area contributed by atoms with Crippen molar-refractivity contribution in [1.29, 1.82) is 0 Å². The molecule has 2 unspecified atom stereocenters. The third-order valence-electron chi connectivity index (χ3n) is 6.47. The minimum atomic E-state index is -3.53. The summed E-state index contributed by atoms with van der Waals surface area (Å²) in [6.45, 7) is 8.18. The quantitative estimate of drug-likeness (QED) is 0.352. The lowest BCUT2D eigenvalue weighted by molar-refractivity contribution is -0.141. The van der Waals surface area contributed by atoms with E-state index in [1.54, 1.807) is 23.1 Å². The minimum absolute atomic E-state index is 0.0127. The molecule has 2 amide bonds. The normalized spacial score (nSPS) is 13.0. The van der Waals surface area contributed by atoms with Crippen LogP contribution >= 0.6 is 11.6 Å². The number of hydrogen-bond acceptors (Lipinski definition) is 4. The average molecular weight is 550 g/mol. The van der Waals surface area contributed by atoms with E-state index in [9.17, 15) is 18.0 Å². The Bertz CT molecular complexity index is 1140. The van der Waals surface area contributed by atoms with Gasteiger partial charge in [-0.2, -0.15) is 0 Å². The second kappa shape index (κ2) is 14.4. The number of nitrogens with one attached hydrogen (secondary N) is 1. The average Bonchev–Trinajstić information content (AvgIpc) is 2.86. The van der Waals surface area contributed by atoms with Gasteiger partial charge in [0, 0.05) is 30.6 Å². The number of rotatable bonds is 14. The topological polar surface area (TPSA) is 86.8 Å². The molecule has 2 rings (SSSR count). The van der Waals surface area contributed by atoms with Crippen molar-refractivity contribution >= 4 is 39.1 Å². The molecule has 0 radical (unpaired) electrons. The Kier molecular flexibility index (Phi) is 11.9. The zero-order chi connectivity index (χ0) is 27.6. The van der Waals surface area contributed by atoms with Crippen LogP contribution in [-0.4, -0.2) is 50.0 Å². The van der Waals surface area contributed by atoms with Crippen LogP contribution in [0.4, 0.5) is 5.69 Å². The molecule has 1 N–H and O–H groups in total. The molecule has 9 heteroatoms. The maximum absolute atomic E-state index is 13.5. The van der Waals surface area contributed by atoms with Crippen LogP contribution in [0.3, 0.4) is 0 Å². The smallest absolute Gasteiger partial charge is 0.243 e. The van der Waals surface area contributed by atoms with E-state index < -0.39 is 16.1 Å². The molecule has 7 nitrogen and oxygen atoms in total. The van der Waals surface area contributed by atoms with Gasteiger partial charge < -0.3 is 10.2 Å². The highest BCUT2D eigenvalue weighted by Gasteiger charge is 2.29. The number of carbonyl (C=O) groups is 2. The van der Waals surface area contributed by atoms with Gasteiger partial charge in [-0.25, -0.2) is 8.42 Å². The summed E-state index contributed by atoms with van der Waals surface area (Å²) in [6, 6.07) is 14.0. The third-order valence-corrected chi connectivity index (χ3v) is 8.03. The fourth-order valence-corrected chi connectivity index (χ4v) is 5.23. The van der Waals surface area contributed by atoms with Crippen molar-refractivity contribution in [2.45, 2.75) is 78.4 Å². The van der Waals surface area contributed by atoms with Gasteiger partial charge in [0.15, 0.2) is 0 Å². The third kappa shape index (κ3) is 9.04. The van der Waals surface area contributed by atoms with Gasteiger partial charge in [-0.15, -0.1) is 0 Å². The van der Waals surface area contributed by atoms with E-state index in [0.717, 1.165) is 24.0 Å². The van der Waals surface area contributed by atoms with Gasteiger partial charge in [0.1, 0.15) is 6.04 Å². The highest BCUT2D eigenvalue weighted by Crippen LogP contribution is 2.22. The number of nitrogens with zero attached hydrogens (tertiary/aromatic N) is 2. The molecule has 0 aromatic heterocycles. The fourth-order valence-electron chi connectivity index (χ4n) is 4.07. The number of sulfonamides is 1.